The molecular weight excluding hydrogens is 528 g/mol. The Morgan fingerprint density at radius 3 is 2.53 bits per heavy atom. The van der Waals surface area contributed by atoms with Gasteiger partial charge < -0.3 is 5.11 Å². The van der Waals surface area contributed by atoms with Crippen LogP contribution in [-0.4, -0.2) is 52.8 Å². The maximum Gasteiger partial charge on any atom is 0.327 e. The highest BCUT2D eigenvalue weighted by Gasteiger charge is 2.42. The van der Waals surface area contributed by atoms with Crippen LogP contribution in [0, 0.1) is 5.41 Å². The molecule has 0 saturated heterocycles. The molecule has 0 bridgehead atoms. The number of aryl methyl sites for hydroxylation is 1. The normalized spacial score (nSPS) is 19.2. The number of carbonyl (C=O) groups is 1. The second-order valence-corrected chi connectivity index (χ2v) is 12.9. The third-order valence-electron chi connectivity index (χ3n) is 7.28. The van der Waals surface area contributed by atoms with Gasteiger partial charge in [-0.3, -0.25) is 14.4 Å². The Hall–Kier alpha value is -2.56. The van der Waals surface area contributed by atoms with Crippen molar-refractivity contribution < 1.29 is 27.4 Å². The number of fused-ring (bicyclic) bond motifs is 1. The topological polar surface area (TPSA) is 124 Å². The fourth-order valence-corrected chi connectivity index (χ4v) is 5.41. The van der Waals surface area contributed by atoms with Crippen molar-refractivity contribution in [1.82, 2.24) is 5.01 Å². The highest BCUT2D eigenvalue weighted by atomic mass is 35.5. The molecule has 3 heterocycles. The van der Waals surface area contributed by atoms with E-state index in [1.807, 2.05) is 42.0 Å². The average molecular weight is 566 g/mol. The van der Waals surface area contributed by atoms with Gasteiger partial charge in [-0.25, -0.2) is 4.57 Å². The van der Waals surface area contributed by atoms with Gasteiger partial charge in [-0.1, -0.05) is 17.7 Å². The molecule has 11 heteroatoms. The van der Waals surface area contributed by atoms with Crippen molar-refractivity contribution in [3.63, 3.8) is 0 Å². The Morgan fingerprint density at radius 2 is 1.87 bits per heavy atom. The minimum Gasteiger partial charge on any atom is -0.481 e. The molecule has 0 aliphatic carbocycles. The number of aliphatic imine (C=N–C) groups is 1. The number of nitrogens with zero attached hydrogens (tertiary/aromatic N) is 4. The maximum atomic E-state index is 11.1. The highest BCUT2D eigenvalue weighted by molar-refractivity contribution is 7.85. The van der Waals surface area contributed by atoms with Gasteiger partial charge in [0.1, 0.15) is 6.20 Å². The Bertz CT molecular complexity index is 1310. The van der Waals surface area contributed by atoms with Gasteiger partial charge >= 0.3 is 11.8 Å². The van der Waals surface area contributed by atoms with E-state index in [-0.39, 0.29) is 29.4 Å². The standard InChI is InChI=1S/C27H37ClN4O5S/c1-19-26(2,3)23(32(30-19)15-10-16-38(35,36)37)12-9-11-22-27(4,5)21-17-20(28)18-31(25(21)29-22)14-8-6-7-13-24(33)34/h9,11-12,17-18H,6-8,10,13-16H2,1-5H3,(H-,33,34,35,36,37)/p+1. The summed E-state index contributed by atoms with van der Waals surface area (Å²) in [6.45, 7) is 11.4. The highest BCUT2D eigenvalue weighted by Crippen LogP contribution is 2.40. The number of hydrogen-bond acceptors (Lipinski definition) is 6. The number of pyridine rings is 1. The molecule has 0 spiro atoms. The van der Waals surface area contributed by atoms with E-state index < -0.39 is 16.1 Å². The zero-order valence-electron chi connectivity index (χ0n) is 22.7. The fraction of sp³-hybridized carbons (Fsp3) is 0.556. The van der Waals surface area contributed by atoms with Crippen LogP contribution in [-0.2, 0) is 26.9 Å². The van der Waals surface area contributed by atoms with Crippen LogP contribution in [0.15, 0.2) is 46.3 Å². The molecule has 0 unspecified atom stereocenters. The number of aliphatic carboxylic acids is 1. The molecule has 0 atom stereocenters. The van der Waals surface area contributed by atoms with Gasteiger partial charge in [0.05, 0.1) is 28.3 Å². The molecule has 2 N–H and O–H groups in total. The molecule has 9 nitrogen and oxygen atoms in total. The van der Waals surface area contributed by atoms with Crippen LogP contribution in [0.25, 0.3) is 0 Å². The maximum absolute atomic E-state index is 11.1. The summed E-state index contributed by atoms with van der Waals surface area (Å²) < 4.78 is 33.4. The van der Waals surface area contributed by atoms with Crippen molar-refractivity contribution >= 4 is 44.9 Å². The van der Waals surface area contributed by atoms with E-state index in [9.17, 15) is 13.2 Å². The van der Waals surface area contributed by atoms with Crippen molar-refractivity contribution in [2.45, 2.75) is 78.7 Å². The van der Waals surface area contributed by atoms with Gasteiger partial charge in [-0.15, -0.1) is 0 Å². The number of rotatable bonds is 12. The number of halogens is 1. The zero-order chi connectivity index (χ0) is 28.3. The van der Waals surface area contributed by atoms with E-state index in [4.69, 9.17) is 26.3 Å². The van der Waals surface area contributed by atoms with Gasteiger partial charge in [0.25, 0.3) is 10.1 Å². The van der Waals surface area contributed by atoms with E-state index >= 15 is 0 Å². The van der Waals surface area contributed by atoms with Gasteiger partial charge in [-0.2, -0.15) is 13.5 Å². The molecule has 3 rings (SSSR count). The molecule has 0 amide bonds. The lowest BCUT2D eigenvalue weighted by atomic mass is 9.82. The lowest BCUT2D eigenvalue weighted by molar-refractivity contribution is -0.684. The number of carboxylic acid groups (broad SMARTS) is 1. The number of carboxylic acids is 1. The second-order valence-electron chi connectivity index (χ2n) is 10.9. The molecule has 1 aromatic rings. The van der Waals surface area contributed by atoms with Crippen LogP contribution in [0.1, 0.15) is 72.3 Å². The Morgan fingerprint density at radius 1 is 1.16 bits per heavy atom. The Kier molecular flexibility index (Phi) is 9.21. The number of aromatic nitrogens is 1. The molecule has 0 fully saturated rings. The lowest BCUT2D eigenvalue weighted by Gasteiger charge is -2.25. The predicted molar refractivity (Wildman–Crippen MR) is 150 cm³/mol. The van der Waals surface area contributed by atoms with Gasteiger partial charge in [0.15, 0.2) is 5.71 Å². The van der Waals surface area contributed by atoms with Crippen molar-refractivity contribution in [3.05, 3.63) is 46.8 Å². The zero-order valence-corrected chi connectivity index (χ0v) is 24.3. The third-order valence-corrected chi connectivity index (χ3v) is 8.29. The molecule has 0 aromatic carbocycles. The van der Waals surface area contributed by atoms with Crippen LogP contribution in [0.4, 0.5) is 5.82 Å². The smallest absolute Gasteiger partial charge is 0.327 e. The summed E-state index contributed by atoms with van der Waals surface area (Å²) in [6.07, 6.45) is 10.5. The van der Waals surface area contributed by atoms with Crippen molar-refractivity contribution in [2.75, 3.05) is 12.3 Å². The van der Waals surface area contributed by atoms with Crippen LogP contribution < -0.4 is 4.57 Å². The molecule has 38 heavy (non-hydrogen) atoms. The predicted octanol–water partition coefficient (Wildman–Crippen LogP) is 5.07. The van der Waals surface area contributed by atoms with E-state index in [0.717, 1.165) is 41.3 Å². The molecule has 0 saturated carbocycles. The van der Waals surface area contributed by atoms with Crippen LogP contribution >= 0.6 is 11.6 Å². The van der Waals surface area contributed by atoms with Crippen LogP contribution in [0.5, 0.6) is 0 Å². The average Bonchev–Trinajstić information content (AvgIpc) is 3.16. The summed E-state index contributed by atoms with van der Waals surface area (Å²) in [7, 11) is -4.02. The minimum atomic E-state index is -4.02. The molecule has 2 aliphatic heterocycles. The van der Waals surface area contributed by atoms with Crippen molar-refractivity contribution in [1.29, 1.82) is 0 Å². The van der Waals surface area contributed by atoms with E-state index in [2.05, 4.69) is 32.8 Å². The summed E-state index contributed by atoms with van der Waals surface area (Å²) in [6, 6.07) is 1.95. The first kappa shape index (κ1) is 30.0. The fourth-order valence-electron chi connectivity index (χ4n) is 4.69. The molecule has 2 aliphatic rings. The second kappa shape index (κ2) is 11.7. The first-order valence-electron chi connectivity index (χ1n) is 12.8. The van der Waals surface area contributed by atoms with E-state index in [1.165, 1.54) is 0 Å². The first-order chi connectivity index (χ1) is 17.6. The quantitative estimate of drug-likeness (QED) is 0.207. The van der Waals surface area contributed by atoms with Crippen LogP contribution in [0.3, 0.4) is 0 Å². The van der Waals surface area contributed by atoms with Gasteiger partial charge in [-0.05, 0) is 83.5 Å². The summed E-state index contributed by atoms with van der Waals surface area (Å²) in [4.78, 5) is 15.7. The monoisotopic (exact) mass is 565 g/mol. The molecular formula is C27H38ClN4O5S+. The summed E-state index contributed by atoms with van der Waals surface area (Å²) in [5, 5.41) is 15.9. The summed E-state index contributed by atoms with van der Waals surface area (Å²) in [5.41, 5.74) is 3.10. The summed E-state index contributed by atoms with van der Waals surface area (Å²) in [5.74, 6) is -0.229. The Labute approximate surface area is 230 Å². The summed E-state index contributed by atoms with van der Waals surface area (Å²) >= 11 is 6.46. The molecule has 1 aromatic heterocycles. The number of unbranched alkanes of at least 4 members (excludes halogenated alkanes) is 2. The van der Waals surface area contributed by atoms with E-state index in [1.54, 1.807) is 5.01 Å². The van der Waals surface area contributed by atoms with Crippen molar-refractivity contribution in [2.24, 2.45) is 15.5 Å². The number of allylic oxidation sites excluding steroid dienone is 4. The van der Waals surface area contributed by atoms with Crippen LogP contribution in [0.2, 0.25) is 5.02 Å². The number of hydrazone groups is 1. The minimum absolute atomic E-state index is 0.174. The first-order valence-corrected chi connectivity index (χ1v) is 14.8. The van der Waals surface area contributed by atoms with E-state index in [0.29, 0.717) is 24.5 Å². The van der Waals surface area contributed by atoms with Gasteiger partial charge in [0.2, 0.25) is 0 Å². The number of hydrogen-bond donors (Lipinski definition) is 2. The third kappa shape index (κ3) is 7.09. The molecule has 208 valence electrons. The molecule has 0 radical (unpaired) electrons. The SMILES string of the molecule is CC1=NN(CCCS(=O)(=O)O)/C(=C/C=C/C2=Nc3c(cc(Cl)c[n+]3CCCCCC(=O)O)C2(C)C)C1(C)C. The Balaban J connectivity index is 1.80. The largest absolute Gasteiger partial charge is 0.481 e. The van der Waals surface area contributed by atoms with Gasteiger partial charge in [0, 0.05) is 29.8 Å². The lowest BCUT2D eigenvalue weighted by Crippen LogP contribution is -2.35. The van der Waals surface area contributed by atoms with Crippen molar-refractivity contribution in [3.8, 4) is 0 Å².